The van der Waals surface area contributed by atoms with Gasteiger partial charge in [0.25, 0.3) is 0 Å². The number of nitrogens with zero attached hydrogens (tertiary/aromatic N) is 3. The molecule has 0 aliphatic carbocycles. The third kappa shape index (κ3) is 3.01. The molecule has 2 aromatic heterocycles. The van der Waals surface area contributed by atoms with E-state index in [1.165, 1.54) is 0 Å². The number of aromatic nitrogens is 2. The van der Waals surface area contributed by atoms with Crippen LogP contribution in [-0.4, -0.2) is 29.7 Å². The van der Waals surface area contributed by atoms with Crippen LogP contribution in [0.4, 0.5) is 5.69 Å². The van der Waals surface area contributed by atoms with E-state index >= 15 is 0 Å². The molecular formula is C17H14ClN3O3S. The molecule has 3 aromatic rings. The highest BCUT2D eigenvalue weighted by molar-refractivity contribution is 7.13. The number of methoxy groups -OCH3 is 1. The van der Waals surface area contributed by atoms with Crippen LogP contribution in [0.3, 0.4) is 0 Å². The van der Waals surface area contributed by atoms with Crippen molar-refractivity contribution in [2.24, 2.45) is 0 Å². The number of amides is 1. The lowest BCUT2D eigenvalue weighted by atomic mass is 10.1. The predicted molar refractivity (Wildman–Crippen MR) is 95.3 cm³/mol. The van der Waals surface area contributed by atoms with Gasteiger partial charge in [-0.1, -0.05) is 22.8 Å². The van der Waals surface area contributed by atoms with Crippen molar-refractivity contribution in [2.75, 3.05) is 18.6 Å². The van der Waals surface area contributed by atoms with E-state index in [4.69, 9.17) is 20.9 Å². The highest BCUT2D eigenvalue weighted by atomic mass is 35.5. The number of thiophene rings is 1. The fourth-order valence-corrected chi connectivity index (χ4v) is 3.75. The molecular weight excluding hydrogens is 362 g/mol. The van der Waals surface area contributed by atoms with Crippen molar-refractivity contribution in [3.8, 4) is 16.5 Å². The van der Waals surface area contributed by atoms with Gasteiger partial charge in [-0.15, -0.1) is 11.3 Å². The van der Waals surface area contributed by atoms with Crippen LogP contribution in [0.25, 0.3) is 10.7 Å². The summed E-state index contributed by atoms with van der Waals surface area (Å²) in [5, 5.41) is 6.44. The maximum Gasteiger partial charge on any atom is 0.232 e. The van der Waals surface area contributed by atoms with Gasteiger partial charge in [0.2, 0.25) is 17.6 Å². The molecule has 1 aromatic carbocycles. The van der Waals surface area contributed by atoms with Crippen LogP contribution in [-0.2, 0) is 4.79 Å². The Bertz CT molecular complexity index is 910. The lowest BCUT2D eigenvalue weighted by molar-refractivity contribution is -0.117. The molecule has 1 fully saturated rings. The Morgan fingerprint density at radius 2 is 2.28 bits per heavy atom. The third-order valence-corrected chi connectivity index (χ3v) is 5.27. The smallest absolute Gasteiger partial charge is 0.232 e. The maximum absolute atomic E-state index is 12.4. The second-order valence-corrected chi connectivity index (χ2v) is 7.01. The quantitative estimate of drug-likeness (QED) is 0.689. The van der Waals surface area contributed by atoms with Crippen molar-refractivity contribution >= 4 is 34.5 Å². The topological polar surface area (TPSA) is 68.5 Å². The summed E-state index contributed by atoms with van der Waals surface area (Å²) in [4.78, 5) is 19.5. The van der Waals surface area contributed by atoms with Gasteiger partial charge in [0, 0.05) is 18.7 Å². The lowest BCUT2D eigenvalue weighted by Gasteiger charge is -2.17. The Balaban J connectivity index is 1.55. The second-order valence-electron chi connectivity index (χ2n) is 5.66. The molecule has 1 atom stereocenters. The molecule has 4 rings (SSSR count). The zero-order valence-corrected chi connectivity index (χ0v) is 14.9. The maximum atomic E-state index is 12.4. The molecule has 1 aliphatic rings. The first-order valence-electron chi connectivity index (χ1n) is 7.67. The van der Waals surface area contributed by atoms with Crippen molar-refractivity contribution in [1.29, 1.82) is 0 Å². The molecule has 3 heterocycles. The van der Waals surface area contributed by atoms with Gasteiger partial charge < -0.3 is 14.2 Å². The monoisotopic (exact) mass is 375 g/mol. The molecule has 0 radical (unpaired) electrons. The summed E-state index contributed by atoms with van der Waals surface area (Å²) in [7, 11) is 1.55. The summed E-state index contributed by atoms with van der Waals surface area (Å²) >= 11 is 7.71. The van der Waals surface area contributed by atoms with Gasteiger partial charge >= 0.3 is 0 Å². The van der Waals surface area contributed by atoms with Crippen molar-refractivity contribution in [3.05, 3.63) is 46.6 Å². The van der Waals surface area contributed by atoms with Gasteiger partial charge in [-0.05, 0) is 29.6 Å². The van der Waals surface area contributed by atoms with Gasteiger partial charge in [-0.25, -0.2) is 0 Å². The zero-order chi connectivity index (χ0) is 17.4. The SMILES string of the molecule is COc1ccc(N2CC(c3nc(-c4cccs4)no3)CC2=O)cc1Cl. The number of ether oxygens (including phenoxy) is 1. The van der Waals surface area contributed by atoms with Crippen LogP contribution < -0.4 is 9.64 Å². The molecule has 0 saturated carbocycles. The number of hydrogen-bond acceptors (Lipinski definition) is 6. The number of anilines is 1. The van der Waals surface area contributed by atoms with Crippen LogP contribution in [0.15, 0.2) is 40.2 Å². The van der Waals surface area contributed by atoms with E-state index in [1.807, 2.05) is 23.6 Å². The van der Waals surface area contributed by atoms with Gasteiger partial charge in [-0.3, -0.25) is 4.79 Å². The molecule has 1 aliphatic heterocycles. The van der Waals surface area contributed by atoms with Gasteiger partial charge in [-0.2, -0.15) is 4.98 Å². The Morgan fingerprint density at radius 1 is 1.40 bits per heavy atom. The normalized spacial score (nSPS) is 17.3. The summed E-state index contributed by atoms with van der Waals surface area (Å²) in [6.07, 6.45) is 0.329. The molecule has 8 heteroatoms. The Morgan fingerprint density at radius 3 is 3.00 bits per heavy atom. The van der Waals surface area contributed by atoms with Crippen LogP contribution in [0.1, 0.15) is 18.2 Å². The second kappa shape index (κ2) is 6.50. The van der Waals surface area contributed by atoms with E-state index in [0.29, 0.717) is 35.5 Å². The highest BCUT2D eigenvalue weighted by Gasteiger charge is 2.35. The summed E-state index contributed by atoms with van der Waals surface area (Å²) in [5.74, 6) is 1.49. The van der Waals surface area contributed by atoms with Crippen molar-refractivity contribution < 1.29 is 14.1 Å². The first kappa shape index (κ1) is 16.1. The highest BCUT2D eigenvalue weighted by Crippen LogP contribution is 2.35. The van der Waals surface area contributed by atoms with Gasteiger partial charge in [0.15, 0.2) is 0 Å². The Kier molecular flexibility index (Phi) is 4.19. The van der Waals surface area contributed by atoms with E-state index in [1.54, 1.807) is 35.5 Å². The van der Waals surface area contributed by atoms with Crippen molar-refractivity contribution in [2.45, 2.75) is 12.3 Å². The van der Waals surface area contributed by atoms with E-state index in [-0.39, 0.29) is 11.8 Å². The predicted octanol–water partition coefficient (Wildman–Crippen LogP) is 3.98. The van der Waals surface area contributed by atoms with Crippen molar-refractivity contribution in [3.63, 3.8) is 0 Å². The number of rotatable bonds is 4. The molecule has 1 amide bonds. The van der Waals surface area contributed by atoms with E-state index in [9.17, 15) is 4.79 Å². The van der Waals surface area contributed by atoms with E-state index < -0.39 is 0 Å². The standard InChI is InChI=1S/C17H14ClN3O3S/c1-23-13-5-4-11(8-12(13)18)21-9-10(7-15(21)22)17-19-16(20-24-17)14-3-2-6-25-14/h2-6,8,10H,7,9H2,1H3. The van der Waals surface area contributed by atoms with Crippen LogP contribution in [0.2, 0.25) is 5.02 Å². The van der Waals surface area contributed by atoms with E-state index in [0.717, 1.165) is 10.6 Å². The minimum atomic E-state index is -0.130. The van der Waals surface area contributed by atoms with Gasteiger partial charge in [0.05, 0.1) is 22.9 Å². The minimum absolute atomic E-state index is 0.00195. The summed E-state index contributed by atoms with van der Waals surface area (Å²) < 4.78 is 10.5. The third-order valence-electron chi connectivity index (χ3n) is 4.10. The molecule has 25 heavy (non-hydrogen) atoms. The Labute approximate surface area is 153 Å². The fourth-order valence-electron chi connectivity index (χ4n) is 2.85. The summed E-state index contributed by atoms with van der Waals surface area (Å²) in [5.41, 5.74) is 0.733. The number of benzene rings is 1. The molecule has 1 unspecified atom stereocenters. The largest absolute Gasteiger partial charge is 0.495 e. The Hall–Kier alpha value is -2.38. The number of halogens is 1. The van der Waals surface area contributed by atoms with Crippen LogP contribution >= 0.6 is 22.9 Å². The minimum Gasteiger partial charge on any atom is -0.495 e. The van der Waals surface area contributed by atoms with Crippen molar-refractivity contribution in [1.82, 2.24) is 10.1 Å². The average molecular weight is 376 g/mol. The zero-order valence-electron chi connectivity index (χ0n) is 13.3. The summed E-state index contributed by atoms with van der Waals surface area (Å²) in [6, 6.07) is 9.16. The summed E-state index contributed by atoms with van der Waals surface area (Å²) in [6.45, 7) is 0.480. The first-order chi connectivity index (χ1) is 12.2. The molecule has 0 N–H and O–H groups in total. The first-order valence-corrected chi connectivity index (χ1v) is 8.93. The molecule has 0 bridgehead atoms. The number of carbonyl (C=O) groups is 1. The number of carbonyl (C=O) groups excluding carboxylic acids is 1. The molecule has 128 valence electrons. The molecule has 0 spiro atoms. The molecule has 1 saturated heterocycles. The van der Waals surface area contributed by atoms with E-state index in [2.05, 4.69) is 10.1 Å². The molecule has 6 nitrogen and oxygen atoms in total. The lowest BCUT2D eigenvalue weighted by Crippen LogP contribution is -2.24. The van der Waals surface area contributed by atoms with Crippen LogP contribution in [0, 0.1) is 0 Å². The van der Waals surface area contributed by atoms with Crippen LogP contribution in [0.5, 0.6) is 5.75 Å². The average Bonchev–Trinajstić information content (AvgIpc) is 3.34. The van der Waals surface area contributed by atoms with Gasteiger partial charge in [0.1, 0.15) is 5.75 Å². The fraction of sp³-hybridized carbons (Fsp3) is 0.235. The number of hydrogen-bond donors (Lipinski definition) is 0.